The Morgan fingerprint density at radius 1 is 1.12 bits per heavy atom. The molecule has 0 aromatic heterocycles. The van der Waals surface area contributed by atoms with Gasteiger partial charge in [-0.25, -0.2) is 4.79 Å². The van der Waals surface area contributed by atoms with Crippen LogP contribution in [0.4, 0.5) is 4.79 Å². The van der Waals surface area contributed by atoms with Crippen molar-refractivity contribution in [1.29, 1.82) is 0 Å². The van der Waals surface area contributed by atoms with E-state index in [1.165, 1.54) is 6.92 Å². The van der Waals surface area contributed by atoms with Crippen molar-refractivity contribution in [3.05, 3.63) is 29.8 Å². The lowest BCUT2D eigenvalue weighted by molar-refractivity contribution is -0.123. The van der Waals surface area contributed by atoms with Crippen LogP contribution in [0, 0.1) is 5.92 Å². The molecule has 1 aromatic rings. The normalized spacial score (nSPS) is 12.3. The van der Waals surface area contributed by atoms with Gasteiger partial charge in [0.25, 0.3) is 0 Å². The topological polar surface area (TPSA) is 122 Å². The van der Waals surface area contributed by atoms with Gasteiger partial charge in [0.1, 0.15) is 18.0 Å². The Morgan fingerprint density at radius 2 is 1.71 bits per heavy atom. The van der Waals surface area contributed by atoms with Gasteiger partial charge in [-0.05, 0) is 51.3 Å². The lowest BCUT2D eigenvalue weighted by Crippen LogP contribution is -2.37. The summed E-state index contributed by atoms with van der Waals surface area (Å²) < 4.78 is 10.3. The Morgan fingerprint density at radius 3 is 2.17 bits per heavy atom. The van der Waals surface area contributed by atoms with Crippen LogP contribution in [-0.4, -0.2) is 30.0 Å². The van der Waals surface area contributed by atoms with Crippen LogP contribution in [0.3, 0.4) is 0 Å². The Hall–Kier alpha value is -2.57. The highest BCUT2D eigenvalue weighted by Crippen LogP contribution is 2.24. The van der Waals surface area contributed by atoms with Crippen molar-refractivity contribution >= 4 is 17.8 Å². The lowest BCUT2D eigenvalue weighted by Gasteiger charge is -2.27. The SMILES string of the molecule is CC(=O)COc1ccc(CC(CC(C)(C)OC(N)=O)C(N)=O)cc1. The second kappa shape index (κ2) is 8.33. The van der Waals surface area contributed by atoms with Gasteiger partial charge in [-0.3, -0.25) is 9.59 Å². The van der Waals surface area contributed by atoms with E-state index in [2.05, 4.69) is 0 Å². The molecule has 132 valence electrons. The third kappa shape index (κ3) is 7.13. The fourth-order valence-electron chi connectivity index (χ4n) is 2.37. The van der Waals surface area contributed by atoms with Crippen LogP contribution >= 0.6 is 0 Å². The van der Waals surface area contributed by atoms with Gasteiger partial charge in [-0.15, -0.1) is 0 Å². The molecule has 0 heterocycles. The number of Topliss-reactive ketones (excluding diaryl/α,β-unsaturated/α-hetero) is 1. The highest BCUT2D eigenvalue weighted by atomic mass is 16.6. The van der Waals surface area contributed by atoms with Crippen molar-refractivity contribution in [3.63, 3.8) is 0 Å². The average molecular weight is 336 g/mol. The first-order chi connectivity index (χ1) is 11.1. The summed E-state index contributed by atoms with van der Waals surface area (Å²) >= 11 is 0. The molecule has 0 aliphatic rings. The molecule has 1 unspecified atom stereocenters. The Balaban J connectivity index is 2.73. The first-order valence-electron chi connectivity index (χ1n) is 7.58. The molecule has 2 amide bonds. The van der Waals surface area contributed by atoms with Crippen molar-refractivity contribution in [1.82, 2.24) is 0 Å². The van der Waals surface area contributed by atoms with E-state index in [1.807, 2.05) is 0 Å². The van der Waals surface area contributed by atoms with E-state index in [0.717, 1.165) is 5.56 Å². The summed E-state index contributed by atoms with van der Waals surface area (Å²) in [6.45, 7) is 4.81. The van der Waals surface area contributed by atoms with Crippen molar-refractivity contribution < 1.29 is 23.9 Å². The predicted octanol–water partition coefficient (Wildman–Crippen LogP) is 1.56. The van der Waals surface area contributed by atoms with Gasteiger partial charge in [0.15, 0.2) is 5.78 Å². The third-order valence-electron chi connectivity index (χ3n) is 3.36. The number of rotatable bonds is 9. The maximum absolute atomic E-state index is 11.7. The smallest absolute Gasteiger partial charge is 0.405 e. The zero-order valence-electron chi connectivity index (χ0n) is 14.2. The largest absolute Gasteiger partial charge is 0.486 e. The van der Waals surface area contributed by atoms with Gasteiger partial charge in [0.2, 0.25) is 5.91 Å². The molecule has 1 rings (SSSR count). The van der Waals surface area contributed by atoms with Crippen LogP contribution in [-0.2, 0) is 20.7 Å². The molecular weight excluding hydrogens is 312 g/mol. The van der Waals surface area contributed by atoms with Crippen molar-refractivity contribution in [2.24, 2.45) is 17.4 Å². The summed E-state index contributed by atoms with van der Waals surface area (Å²) in [6.07, 6.45) is -0.239. The molecular formula is C17H24N2O5. The zero-order chi connectivity index (χ0) is 18.3. The van der Waals surface area contributed by atoms with Gasteiger partial charge in [0, 0.05) is 5.92 Å². The summed E-state index contributed by atoms with van der Waals surface area (Å²) in [5.74, 6) is -0.483. The van der Waals surface area contributed by atoms with Gasteiger partial charge in [0.05, 0.1) is 0 Å². The first kappa shape index (κ1) is 19.5. The summed E-state index contributed by atoms with van der Waals surface area (Å²) in [7, 11) is 0. The summed E-state index contributed by atoms with van der Waals surface area (Å²) in [5, 5.41) is 0. The monoisotopic (exact) mass is 336 g/mol. The molecule has 0 fully saturated rings. The molecule has 1 atom stereocenters. The highest BCUT2D eigenvalue weighted by Gasteiger charge is 2.29. The number of ketones is 1. The Kier molecular flexibility index (Phi) is 6.76. The van der Waals surface area contributed by atoms with E-state index in [4.69, 9.17) is 20.9 Å². The lowest BCUT2D eigenvalue weighted by atomic mass is 9.88. The number of ether oxygens (including phenoxy) is 2. The van der Waals surface area contributed by atoms with Crippen molar-refractivity contribution in [2.45, 2.75) is 39.2 Å². The number of hydrogen-bond donors (Lipinski definition) is 2. The fourth-order valence-corrected chi connectivity index (χ4v) is 2.37. The minimum Gasteiger partial charge on any atom is -0.486 e. The number of amides is 2. The second-order valence-corrected chi connectivity index (χ2v) is 6.32. The maximum atomic E-state index is 11.7. The molecule has 0 spiro atoms. The number of benzene rings is 1. The van der Waals surface area contributed by atoms with Crippen LogP contribution in [0.2, 0.25) is 0 Å². The van der Waals surface area contributed by atoms with Crippen molar-refractivity contribution in [2.75, 3.05) is 6.61 Å². The Bertz CT molecular complexity index is 596. The minimum absolute atomic E-state index is 0.0158. The van der Waals surface area contributed by atoms with Gasteiger partial charge in [-0.2, -0.15) is 0 Å². The number of carbonyl (C=O) groups is 3. The number of nitrogens with two attached hydrogens (primary N) is 2. The van der Waals surface area contributed by atoms with Gasteiger partial charge in [-0.1, -0.05) is 12.1 Å². The molecule has 0 aliphatic carbocycles. The van der Waals surface area contributed by atoms with Crippen molar-refractivity contribution in [3.8, 4) is 5.75 Å². The summed E-state index contributed by atoms with van der Waals surface area (Å²) in [4.78, 5) is 33.5. The van der Waals surface area contributed by atoms with Gasteiger partial charge < -0.3 is 20.9 Å². The summed E-state index contributed by atoms with van der Waals surface area (Å²) in [5.41, 5.74) is 10.5. The minimum atomic E-state index is -0.893. The molecule has 0 aliphatic heterocycles. The molecule has 24 heavy (non-hydrogen) atoms. The number of primary amides is 2. The average Bonchev–Trinajstić information content (AvgIpc) is 2.44. The number of hydrogen-bond acceptors (Lipinski definition) is 5. The number of carbonyl (C=O) groups excluding carboxylic acids is 3. The van der Waals surface area contributed by atoms with Gasteiger partial charge >= 0.3 is 6.09 Å². The summed E-state index contributed by atoms with van der Waals surface area (Å²) in [6, 6.07) is 7.05. The van der Waals surface area contributed by atoms with E-state index < -0.39 is 23.5 Å². The Labute approximate surface area is 141 Å². The molecule has 0 radical (unpaired) electrons. The van der Waals surface area contributed by atoms with Crippen LogP contribution in [0.25, 0.3) is 0 Å². The first-order valence-corrected chi connectivity index (χ1v) is 7.58. The standard InChI is InChI=1S/C17H24N2O5/c1-11(20)10-23-14-6-4-12(5-7-14)8-13(15(18)21)9-17(2,3)24-16(19)22/h4-7,13H,8-10H2,1-3H3,(H2,18,21)(H2,19,22). The van der Waals surface area contributed by atoms with Crippen LogP contribution in [0.15, 0.2) is 24.3 Å². The van der Waals surface area contributed by atoms with Crippen LogP contribution < -0.4 is 16.2 Å². The molecule has 4 N–H and O–H groups in total. The maximum Gasteiger partial charge on any atom is 0.405 e. The second-order valence-electron chi connectivity index (χ2n) is 6.32. The third-order valence-corrected chi connectivity index (χ3v) is 3.36. The van der Waals surface area contributed by atoms with E-state index in [-0.39, 0.29) is 18.8 Å². The fraction of sp³-hybridized carbons (Fsp3) is 0.471. The van der Waals surface area contributed by atoms with E-state index in [1.54, 1.807) is 38.1 Å². The molecule has 0 bridgehead atoms. The highest BCUT2D eigenvalue weighted by molar-refractivity contribution is 5.77. The van der Waals surface area contributed by atoms with E-state index in [0.29, 0.717) is 12.2 Å². The zero-order valence-corrected chi connectivity index (χ0v) is 14.2. The molecule has 1 aromatic carbocycles. The quantitative estimate of drug-likeness (QED) is 0.708. The molecule has 0 saturated carbocycles. The van der Waals surface area contributed by atoms with Crippen LogP contribution in [0.5, 0.6) is 5.75 Å². The van der Waals surface area contributed by atoms with E-state index >= 15 is 0 Å². The predicted molar refractivity (Wildman–Crippen MR) is 88.4 cm³/mol. The van der Waals surface area contributed by atoms with E-state index in [9.17, 15) is 14.4 Å². The molecule has 7 nitrogen and oxygen atoms in total. The molecule has 0 saturated heterocycles. The van der Waals surface area contributed by atoms with Crippen LogP contribution in [0.1, 0.15) is 32.8 Å². The molecule has 7 heteroatoms.